The molecule has 0 radical (unpaired) electrons. The van der Waals surface area contributed by atoms with Crippen LogP contribution in [0.1, 0.15) is 16.1 Å². The molecule has 4 aromatic rings. The van der Waals surface area contributed by atoms with E-state index in [1.165, 1.54) is 12.1 Å². The first-order valence-electron chi connectivity index (χ1n) is 8.57. The minimum absolute atomic E-state index is 0.328. The van der Waals surface area contributed by atoms with Crippen LogP contribution in [0.3, 0.4) is 0 Å². The lowest BCUT2D eigenvalue weighted by Gasteiger charge is -2.07. The first kappa shape index (κ1) is 17.9. The molecular formula is C22H15F3N2O. The number of alkyl halides is 3. The number of aromatic nitrogens is 1. The van der Waals surface area contributed by atoms with Gasteiger partial charge in [0.05, 0.1) is 0 Å². The van der Waals surface area contributed by atoms with Gasteiger partial charge < -0.3 is 10.3 Å². The van der Waals surface area contributed by atoms with Crippen LogP contribution < -0.4 is 5.32 Å². The average Bonchev–Trinajstić information content (AvgIpc) is 3.13. The largest absolute Gasteiger partial charge is 0.431 e. The van der Waals surface area contributed by atoms with Crippen molar-refractivity contribution in [2.24, 2.45) is 0 Å². The number of H-pyrrole nitrogens is 1. The van der Waals surface area contributed by atoms with E-state index >= 15 is 0 Å². The number of carbonyl (C=O) groups excluding carboxylic acids is 1. The second kappa shape index (κ2) is 6.88. The lowest BCUT2D eigenvalue weighted by Crippen LogP contribution is -2.11. The van der Waals surface area contributed by atoms with Gasteiger partial charge in [-0.05, 0) is 47.5 Å². The predicted octanol–water partition coefficient (Wildman–Crippen LogP) is 6.11. The van der Waals surface area contributed by atoms with Crippen LogP contribution in [-0.2, 0) is 6.18 Å². The van der Waals surface area contributed by atoms with E-state index < -0.39 is 11.9 Å². The van der Waals surface area contributed by atoms with Crippen molar-refractivity contribution in [1.29, 1.82) is 0 Å². The molecule has 140 valence electrons. The van der Waals surface area contributed by atoms with Gasteiger partial charge in [-0.15, -0.1) is 0 Å². The zero-order chi connectivity index (χ0) is 19.7. The molecular weight excluding hydrogens is 365 g/mol. The van der Waals surface area contributed by atoms with Crippen LogP contribution in [0.25, 0.3) is 22.0 Å². The van der Waals surface area contributed by atoms with Crippen molar-refractivity contribution < 1.29 is 18.0 Å². The summed E-state index contributed by atoms with van der Waals surface area (Å²) < 4.78 is 38.4. The highest BCUT2D eigenvalue weighted by Gasteiger charge is 2.32. The molecule has 0 aliphatic carbocycles. The molecule has 0 atom stereocenters. The maximum absolute atomic E-state index is 12.8. The van der Waals surface area contributed by atoms with Gasteiger partial charge in [0.15, 0.2) is 0 Å². The lowest BCUT2D eigenvalue weighted by atomic mass is 10.0. The topological polar surface area (TPSA) is 44.9 Å². The highest BCUT2D eigenvalue weighted by molar-refractivity contribution is 6.05. The van der Waals surface area contributed by atoms with Crippen LogP contribution in [0.5, 0.6) is 0 Å². The lowest BCUT2D eigenvalue weighted by molar-refractivity contribution is -0.140. The predicted molar refractivity (Wildman–Crippen MR) is 103 cm³/mol. The molecule has 0 aliphatic heterocycles. The Labute approximate surface area is 158 Å². The van der Waals surface area contributed by atoms with Gasteiger partial charge in [0.1, 0.15) is 5.69 Å². The van der Waals surface area contributed by atoms with Gasteiger partial charge in [0.2, 0.25) is 0 Å². The number of hydrogen-bond acceptors (Lipinski definition) is 1. The minimum Gasteiger partial charge on any atom is -0.351 e. The standard InChI is InChI=1S/C22H15F3N2O/c23-22(24,25)20-13-17-12-18(10-11-19(17)27-20)26-21(28)16-8-6-15(7-9-16)14-4-2-1-3-5-14/h1-13,27H,(H,26,28). The van der Waals surface area contributed by atoms with E-state index in [9.17, 15) is 18.0 Å². The van der Waals surface area contributed by atoms with E-state index in [-0.39, 0.29) is 5.91 Å². The van der Waals surface area contributed by atoms with Crippen LogP contribution in [-0.4, -0.2) is 10.9 Å². The monoisotopic (exact) mass is 380 g/mol. The Balaban J connectivity index is 1.53. The Bertz CT molecular complexity index is 1130. The summed E-state index contributed by atoms with van der Waals surface area (Å²) in [6.07, 6.45) is -4.44. The normalized spacial score (nSPS) is 11.5. The van der Waals surface area contributed by atoms with Crippen LogP contribution >= 0.6 is 0 Å². The van der Waals surface area contributed by atoms with Gasteiger partial charge in [-0.1, -0.05) is 42.5 Å². The summed E-state index contributed by atoms with van der Waals surface area (Å²) in [5.41, 5.74) is 2.47. The number of nitrogens with one attached hydrogen (secondary N) is 2. The van der Waals surface area contributed by atoms with E-state index in [2.05, 4.69) is 10.3 Å². The Hall–Kier alpha value is -3.54. The van der Waals surface area contributed by atoms with Crippen LogP contribution in [0.4, 0.5) is 18.9 Å². The molecule has 0 saturated carbocycles. The summed E-state index contributed by atoms with van der Waals surface area (Å²) in [5, 5.41) is 3.10. The number of carbonyl (C=O) groups is 1. The molecule has 6 heteroatoms. The van der Waals surface area contributed by atoms with E-state index in [1.807, 2.05) is 42.5 Å². The fourth-order valence-electron chi connectivity index (χ4n) is 3.01. The second-order valence-corrected chi connectivity index (χ2v) is 6.38. The highest BCUT2D eigenvalue weighted by atomic mass is 19.4. The van der Waals surface area contributed by atoms with E-state index in [0.717, 1.165) is 17.2 Å². The van der Waals surface area contributed by atoms with Crippen molar-refractivity contribution in [2.75, 3.05) is 5.32 Å². The molecule has 0 saturated heterocycles. The fraction of sp³-hybridized carbons (Fsp3) is 0.0455. The Morgan fingerprint density at radius 3 is 2.18 bits per heavy atom. The highest BCUT2D eigenvalue weighted by Crippen LogP contribution is 2.32. The number of benzene rings is 3. The zero-order valence-electron chi connectivity index (χ0n) is 14.5. The summed E-state index contributed by atoms with van der Waals surface area (Å²) in [5.74, 6) is -0.328. The molecule has 0 spiro atoms. The maximum Gasteiger partial charge on any atom is 0.431 e. The number of rotatable bonds is 3. The van der Waals surface area contributed by atoms with E-state index in [4.69, 9.17) is 0 Å². The van der Waals surface area contributed by atoms with Crippen molar-refractivity contribution in [3.05, 3.63) is 90.1 Å². The average molecular weight is 380 g/mol. The first-order valence-corrected chi connectivity index (χ1v) is 8.57. The molecule has 1 aromatic heterocycles. The molecule has 1 amide bonds. The summed E-state index contributed by atoms with van der Waals surface area (Å²) in [7, 11) is 0. The van der Waals surface area contributed by atoms with Gasteiger partial charge in [0, 0.05) is 22.2 Å². The Morgan fingerprint density at radius 1 is 0.821 bits per heavy atom. The third kappa shape index (κ3) is 3.62. The van der Waals surface area contributed by atoms with E-state index in [0.29, 0.717) is 22.2 Å². The molecule has 1 heterocycles. The summed E-state index contributed by atoms with van der Waals surface area (Å²) in [6, 6.07) is 22.5. The minimum atomic E-state index is -4.44. The van der Waals surface area contributed by atoms with Gasteiger partial charge >= 0.3 is 6.18 Å². The molecule has 28 heavy (non-hydrogen) atoms. The SMILES string of the molecule is O=C(Nc1ccc2[nH]c(C(F)(F)F)cc2c1)c1ccc(-c2ccccc2)cc1. The molecule has 0 unspecified atom stereocenters. The van der Waals surface area contributed by atoms with Crippen LogP contribution in [0.2, 0.25) is 0 Å². The Morgan fingerprint density at radius 2 is 1.50 bits per heavy atom. The number of fused-ring (bicyclic) bond motifs is 1. The summed E-state index contributed by atoms with van der Waals surface area (Å²) in [4.78, 5) is 14.8. The molecule has 4 rings (SSSR count). The zero-order valence-corrected chi connectivity index (χ0v) is 14.5. The summed E-state index contributed by atoms with van der Waals surface area (Å²) >= 11 is 0. The molecule has 0 fully saturated rings. The number of hydrogen-bond donors (Lipinski definition) is 2. The third-order valence-electron chi connectivity index (χ3n) is 4.44. The van der Waals surface area contributed by atoms with Crippen LogP contribution in [0, 0.1) is 0 Å². The molecule has 3 aromatic carbocycles. The van der Waals surface area contributed by atoms with Crippen LogP contribution in [0.15, 0.2) is 78.9 Å². The van der Waals surface area contributed by atoms with Gasteiger partial charge in [-0.25, -0.2) is 0 Å². The quantitative estimate of drug-likeness (QED) is 0.443. The number of halogens is 3. The molecule has 0 aliphatic rings. The first-order chi connectivity index (χ1) is 13.4. The number of anilines is 1. The smallest absolute Gasteiger partial charge is 0.351 e. The Kier molecular flexibility index (Phi) is 4.39. The third-order valence-corrected chi connectivity index (χ3v) is 4.44. The van der Waals surface area contributed by atoms with Crippen molar-refractivity contribution >= 4 is 22.5 Å². The number of amides is 1. The van der Waals surface area contributed by atoms with Crippen molar-refractivity contribution in [1.82, 2.24) is 4.98 Å². The second-order valence-electron chi connectivity index (χ2n) is 6.38. The maximum atomic E-state index is 12.8. The van der Waals surface area contributed by atoms with E-state index in [1.54, 1.807) is 18.2 Å². The van der Waals surface area contributed by atoms with Crippen molar-refractivity contribution in [2.45, 2.75) is 6.18 Å². The molecule has 3 nitrogen and oxygen atoms in total. The van der Waals surface area contributed by atoms with Crippen molar-refractivity contribution in [3.8, 4) is 11.1 Å². The summed E-state index contributed by atoms with van der Waals surface area (Å²) in [6.45, 7) is 0. The molecule has 0 bridgehead atoms. The van der Waals surface area contributed by atoms with Gasteiger partial charge in [0.25, 0.3) is 5.91 Å². The van der Waals surface area contributed by atoms with Gasteiger partial charge in [-0.2, -0.15) is 13.2 Å². The van der Waals surface area contributed by atoms with Crippen molar-refractivity contribution in [3.63, 3.8) is 0 Å². The number of aromatic amines is 1. The van der Waals surface area contributed by atoms with Gasteiger partial charge in [-0.3, -0.25) is 4.79 Å². The fourth-order valence-corrected chi connectivity index (χ4v) is 3.01. The molecule has 2 N–H and O–H groups in total.